The number of ether oxygens (including phenoxy) is 2. The number of nitrogens with one attached hydrogen (secondary N) is 1. The Morgan fingerprint density at radius 2 is 1.84 bits per heavy atom. The highest BCUT2D eigenvalue weighted by molar-refractivity contribution is 5.27. The molecule has 0 saturated carbocycles. The van der Waals surface area contributed by atoms with Gasteiger partial charge in [0.2, 0.25) is 0 Å². The highest BCUT2D eigenvalue weighted by Crippen LogP contribution is 2.16. The molecule has 0 aliphatic carbocycles. The maximum absolute atomic E-state index is 5.64. The van der Waals surface area contributed by atoms with E-state index in [1.54, 1.807) is 14.2 Å². The lowest BCUT2D eigenvalue weighted by molar-refractivity contribution is 0.168. The van der Waals surface area contributed by atoms with Crippen LogP contribution in [0.15, 0.2) is 24.3 Å². The molecule has 0 radical (unpaired) electrons. The number of aryl methyl sites for hydroxylation is 1. The fourth-order valence-electron chi connectivity index (χ4n) is 2.15. The first-order valence-electron chi connectivity index (χ1n) is 6.79. The van der Waals surface area contributed by atoms with Gasteiger partial charge in [0.15, 0.2) is 0 Å². The van der Waals surface area contributed by atoms with Gasteiger partial charge in [-0.05, 0) is 42.9 Å². The van der Waals surface area contributed by atoms with Gasteiger partial charge in [0.05, 0.1) is 7.11 Å². The molecule has 0 spiro atoms. The number of nitrogens with two attached hydrogens (primary N) is 1. The van der Waals surface area contributed by atoms with Crippen LogP contribution in [-0.2, 0) is 11.2 Å². The average molecular weight is 266 g/mol. The molecule has 0 aliphatic heterocycles. The minimum absolute atomic E-state index is 0.317. The van der Waals surface area contributed by atoms with Crippen molar-refractivity contribution < 1.29 is 9.47 Å². The lowest BCUT2D eigenvalue weighted by atomic mass is 9.93. The van der Waals surface area contributed by atoms with Gasteiger partial charge in [-0.2, -0.15) is 0 Å². The van der Waals surface area contributed by atoms with E-state index < -0.39 is 0 Å². The summed E-state index contributed by atoms with van der Waals surface area (Å²) in [6.45, 7) is 2.99. The Bertz CT molecular complexity index is 341. The molecule has 0 saturated heterocycles. The molecule has 1 aromatic carbocycles. The first-order chi connectivity index (χ1) is 9.21. The van der Waals surface area contributed by atoms with Gasteiger partial charge in [-0.25, -0.2) is 0 Å². The van der Waals surface area contributed by atoms with E-state index in [0.29, 0.717) is 12.0 Å². The van der Waals surface area contributed by atoms with Gasteiger partial charge >= 0.3 is 0 Å². The van der Waals surface area contributed by atoms with E-state index in [1.165, 1.54) is 5.56 Å². The van der Waals surface area contributed by atoms with E-state index in [1.807, 2.05) is 12.1 Å². The summed E-state index contributed by atoms with van der Waals surface area (Å²) in [7, 11) is 3.41. The zero-order chi connectivity index (χ0) is 14.1. The van der Waals surface area contributed by atoms with Crippen LogP contribution in [-0.4, -0.2) is 26.9 Å². The summed E-state index contributed by atoms with van der Waals surface area (Å²) in [6.07, 6.45) is 3.05. The number of hydrazine groups is 1. The molecule has 4 nitrogen and oxygen atoms in total. The molecule has 0 heterocycles. The molecular formula is C15H26N2O2. The van der Waals surface area contributed by atoms with Crippen molar-refractivity contribution >= 4 is 0 Å². The number of methoxy groups -OCH3 is 2. The first kappa shape index (κ1) is 16.0. The second-order valence-corrected chi connectivity index (χ2v) is 4.92. The molecule has 0 fully saturated rings. The quantitative estimate of drug-likeness (QED) is 0.531. The van der Waals surface area contributed by atoms with Crippen molar-refractivity contribution in [1.82, 2.24) is 5.43 Å². The van der Waals surface area contributed by atoms with Gasteiger partial charge < -0.3 is 9.47 Å². The largest absolute Gasteiger partial charge is 0.497 e. The van der Waals surface area contributed by atoms with E-state index >= 15 is 0 Å². The molecule has 0 amide bonds. The van der Waals surface area contributed by atoms with Crippen molar-refractivity contribution in [3.05, 3.63) is 29.8 Å². The lowest BCUT2D eigenvalue weighted by Crippen LogP contribution is -2.40. The Labute approximate surface area is 116 Å². The Balaban J connectivity index is 2.43. The number of hydrogen-bond donors (Lipinski definition) is 2. The molecule has 2 unspecified atom stereocenters. The zero-order valence-corrected chi connectivity index (χ0v) is 12.2. The Morgan fingerprint density at radius 1 is 1.16 bits per heavy atom. The maximum Gasteiger partial charge on any atom is 0.118 e. The summed E-state index contributed by atoms with van der Waals surface area (Å²) in [4.78, 5) is 0. The van der Waals surface area contributed by atoms with Crippen LogP contribution in [0.3, 0.4) is 0 Å². The smallest absolute Gasteiger partial charge is 0.118 e. The van der Waals surface area contributed by atoms with Crippen molar-refractivity contribution in [2.45, 2.75) is 32.2 Å². The van der Waals surface area contributed by atoms with Crippen molar-refractivity contribution in [1.29, 1.82) is 0 Å². The van der Waals surface area contributed by atoms with Gasteiger partial charge in [-0.15, -0.1) is 0 Å². The standard InChI is InChI=1S/C15H26N2O2/c1-12(10-11-18-2)15(17-16)9-6-13-4-7-14(19-3)8-5-13/h4-5,7-8,12,15,17H,6,9-11,16H2,1-3H3. The minimum Gasteiger partial charge on any atom is -0.497 e. The molecule has 0 bridgehead atoms. The zero-order valence-electron chi connectivity index (χ0n) is 12.2. The van der Waals surface area contributed by atoms with Gasteiger partial charge in [-0.1, -0.05) is 19.1 Å². The monoisotopic (exact) mass is 266 g/mol. The Morgan fingerprint density at radius 3 is 2.37 bits per heavy atom. The van der Waals surface area contributed by atoms with Crippen LogP contribution in [0.25, 0.3) is 0 Å². The van der Waals surface area contributed by atoms with E-state index in [2.05, 4.69) is 24.5 Å². The summed E-state index contributed by atoms with van der Waals surface area (Å²) < 4.78 is 10.3. The van der Waals surface area contributed by atoms with Crippen LogP contribution >= 0.6 is 0 Å². The molecule has 1 aromatic rings. The van der Waals surface area contributed by atoms with E-state index in [0.717, 1.165) is 31.6 Å². The summed E-state index contributed by atoms with van der Waals surface area (Å²) in [6, 6.07) is 8.51. The number of hydrogen-bond acceptors (Lipinski definition) is 4. The van der Waals surface area contributed by atoms with Crippen molar-refractivity contribution in [2.24, 2.45) is 11.8 Å². The van der Waals surface area contributed by atoms with Crippen LogP contribution in [0.4, 0.5) is 0 Å². The van der Waals surface area contributed by atoms with Crippen LogP contribution in [0, 0.1) is 5.92 Å². The summed E-state index contributed by atoms with van der Waals surface area (Å²) in [5.41, 5.74) is 4.23. The third-order valence-electron chi connectivity index (χ3n) is 3.58. The highest BCUT2D eigenvalue weighted by atomic mass is 16.5. The third kappa shape index (κ3) is 5.59. The Hall–Kier alpha value is -1.10. The molecule has 0 aliphatic rings. The number of benzene rings is 1. The summed E-state index contributed by atoms with van der Waals surface area (Å²) in [5.74, 6) is 7.04. The Kier molecular flexibility index (Phi) is 7.48. The summed E-state index contributed by atoms with van der Waals surface area (Å²) in [5, 5.41) is 0. The molecule has 108 valence electrons. The molecule has 0 aromatic heterocycles. The molecular weight excluding hydrogens is 240 g/mol. The third-order valence-corrected chi connectivity index (χ3v) is 3.58. The molecule has 1 rings (SSSR count). The summed E-state index contributed by atoms with van der Waals surface area (Å²) >= 11 is 0. The van der Waals surface area contributed by atoms with Crippen molar-refractivity contribution in [3.8, 4) is 5.75 Å². The molecule has 4 heteroatoms. The number of rotatable bonds is 9. The van der Waals surface area contributed by atoms with Crippen molar-refractivity contribution in [3.63, 3.8) is 0 Å². The van der Waals surface area contributed by atoms with Crippen LogP contribution in [0.5, 0.6) is 5.75 Å². The molecule has 19 heavy (non-hydrogen) atoms. The van der Waals surface area contributed by atoms with Crippen molar-refractivity contribution in [2.75, 3.05) is 20.8 Å². The SMILES string of the molecule is COCCC(C)C(CCc1ccc(OC)cc1)NN. The second-order valence-electron chi connectivity index (χ2n) is 4.92. The second kappa shape index (κ2) is 8.91. The maximum atomic E-state index is 5.64. The normalized spacial score (nSPS) is 14.1. The van der Waals surface area contributed by atoms with Crippen LogP contribution in [0.1, 0.15) is 25.3 Å². The predicted octanol–water partition coefficient (Wildman–Crippen LogP) is 2.13. The fourth-order valence-corrected chi connectivity index (χ4v) is 2.15. The molecule has 3 N–H and O–H groups in total. The van der Waals surface area contributed by atoms with Gasteiger partial charge in [0.1, 0.15) is 5.75 Å². The predicted molar refractivity (Wildman–Crippen MR) is 78.1 cm³/mol. The molecule has 2 atom stereocenters. The van der Waals surface area contributed by atoms with Gasteiger partial charge in [0.25, 0.3) is 0 Å². The fraction of sp³-hybridized carbons (Fsp3) is 0.600. The topological polar surface area (TPSA) is 56.5 Å². The lowest BCUT2D eigenvalue weighted by Gasteiger charge is -2.23. The van der Waals surface area contributed by atoms with E-state index in [4.69, 9.17) is 15.3 Å². The first-order valence-corrected chi connectivity index (χ1v) is 6.79. The van der Waals surface area contributed by atoms with Gasteiger partial charge in [-0.3, -0.25) is 11.3 Å². The van der Waals surface area contributed by atoms with E-state index in [9.17, 15) is 0 Å². The minimum atomic E-state index is 0.317. The average Bonchev–Trinajstić information content (AvgIpc) is 2.46. The van der Waals surface area contributed by atoms with Crippen LogP contribution in [0.2, 0.25) is 0 Å². The van der Waals surface area contributed by atoms with Crippen LogP contribution < -0.4 is 16.0 Å². The highest BCUT2D eigenvalue weighted by Gasteiger charge is 2.15. The van der Waals surface area contributed by atoms with Gasteiger partial charge in [0, 0.05) is 19.8 Å². The van der Waals surface area contributed by atoms with E-state index in [-0.39, 0.29) is 0 Å².